The highest BCUT2D eigenvalue weighted by Gasteiger charge is 2.37. The van der Waals surface area contributed by atoms with Crippen molar-refractivity contribution in [3.05, 3.63) is 58.6 Å². The third kappa shape index (κ3) is 4.74. The molecule has 6 nitrogen and oxygen atoms in total. The molecule has 0 saturated carbocycles. The van der Waals surface area contributed by atoms with Gasteiger partial charge in [0.05, 0.1) is 12.0 Å². The molecule has 0 spiro atoms. The summed E-state index contributed by atoms with van der Waals surface area (Å²) in [6.45, 7) is 0.685. The summed E-state index contributed by atoms with van der Waals surface area (Å²) in [6.07, 6.45) is 2.09. The number of amides is 1. The maximum atomic E-state index is 13.1. The number of methoxy groups -OCH3 is 1. The van der Waals surface area contributed by atoms with Crippen molar-refractivity contribution in [2.75, 3.05) is 13.7 Å². The van der Waals surface area contributed by atoms with Crippen LogP contribution in [0.25, 0.3) is 0 Å². The smallest absolute Gasteiger partial charge is 0.243 e. The summed E-state index contributed by atoms with van der Waals surface area (Å²) in [5.41, 5.74) is 0.923. The van der Waals surface area contributed by atoms with Crippen LogP contribution in [-0.2, 0) is 21.4 Å². The predicted octanol–water partition coefficient (Wildman–Crippen LogP) is 3.32. The molecule has 1 unspecified atom stereocenters. The Hall–Kier alpha value is -1.90. The molecule has 1 saturated heterocycles. The molecular weight excluding hydrogens is 444 g/mol. The standard InChI is InChI=1S/C20H23BrN2O4S/c1-27-17-9-5-15(6-10-17)14-22-20(24)19-4-2-3-13-23(19)28(25,26)18-11-7-16(21)8-12-18/h5-12,19H,2-4,13-14H2,1H3,(H,22,24). The molecule has 1 aliphatic heterocycles. The first kappa shape index (κ1) is 20.8. The molecule has 0 bridgehead atoms. The van der Waals surface area contributed by atoms with E-state index in [0.29, 0.717) is 19.5 Å². The number of benzene rings is 2. The number of carbonyl (C=O) groups excluding carboxylic acids is 1. The summed E-state index contributed by atoms with van der Waals surface area (Å²) in [4.78, 5) is 13.0. The van der Waals surface area contributed by atoms with Gasteiger partial charge in [0.25, 0.3) is 0 Å². The summed E-state index contributed by atoms with van der Waals surface area (Å²) in [7, 11) is -2.13. The second-order valence-corrected chi connectivity index (χ2v) is 9.45. The van der Waals surface area contributed by atoms with Crippen LogP contribution >= 0.6 is 15.9 Å². The molecule has 0 aromatic heterocycles. The molecule has 2 aromatic rings. The van der Waals surface area contributed by atoms with Crippen LogP contribution in [0, 0.1) is 0 Å². The molecular formula is C20H23BrN2O4S. The zero-order chi connectivity index (χ0) is 20.1. The first-order chi connectivity index (χ1) is 13.4. The lowest BCUT2D eigenvalue weighted by Gasteiger charge is -2.33. The van der Waals surface area contributed by atoms with Crippen LogP contribution in [0.3, 0.4) is 0 Å². The number of nitrogens with zero attached hydrogens (tertiary/aromatic N) is 1. The number of sulfonamides is 1. The molecule has 3 rings (SSSR count). The van der Waals surface area contributed by atoms with Crippen molar-refractivity contribution in [1.29, 1.82) is 0 Å². The Kier molecular flexibility index (Phi) is 6.74. The molecule has 1 N–H and O–H groups in total. The largest absolute Gasteiger partial charge is 0.497 e. The third-order valence-electron chi connectivity index (χ3n) is 4.80. The van der Waals surface area contributed by atoms with Gasteiger partial charge in [-0.1, -0.05) is 34.5 Å². The lowest BCUT2D eigenvalue weighted by molar-refractivity contribution is -0.125. The van der Waals surface area contributed by atoms with Crippen LogP contribution in [0.4, 0.5) is 0 Å². The number of ether oxygens (including phenoxy) is 1. The van der Waals surface area contributed by atoms with Gasteiger partial charge in [0.15, 0.2) is 0 Å². The van der Waals surface area contributed by atoms with Gasteiger partial charge in [0.2, 0.25) is 15.9 Å². The van der Waals surface area contributed by atoms with Gasteiger partial charge in [-0.3, -0.25) is 4.79 Å². The first-order valence-electron chi connectivity index (χ1n) is 9.10. The molecule has 1 atom stereocenters. The summed E-state index contributed by atoms with van der Waals surface area (Å²) in [5, 5.41) is 2.88. The van der Waals surface area contributed by atoms with Crippen molar-refractivity contribution in [1.82, 2.24) is 9.62 Å². The minimum atomic E-state index is -3.73. The Morgan fingerprint density at radius 2 is 1.82 bits per heavy atom. The number of hydrogen-bond acceptors (Lipinski definition) is 4. The van der Waals surface area contributed by atoms with Crippen LogP contribution in [0.5, 0.6) is 5.75 Å². The maximum Gasteiger partial charge on any atom is 0.243 e. The van der Waals surface area contributed by atoms with Gasteiger partial charge in [-0.2, -0.15) is 4.31 Å². The van der Waals surface area contributed by atoms with Crippen molar-refractivity contribution in [2.24, 2.45) is 0 Å². The van der Waals surface area contributed by atoms with Crippen molar-refractivity contribution in [3.8, 4) is 5.75 Å². The van der Waals surface area contributed by atoms with Crippen molar-refractivity contribution < 1.29 is 17.9 Å². The van der Waals surface area contributed by atoms with Crippen LogP contribution in [0.2, 0.25) is 0 Å². The molecule has 150 valence electrons. The van der Waals surface area contributed by atoms with Gasteiger partial charge < -0.3 is 10.1 Å². The zero-order valence-electron chi connectivity index (χ0n) is 15.6. The molecule has 1 fully saturated rings. The fraction of sp³-hybridized carbons (Fsp3) is 0.350. The fourth-order valence-electron chi connectivity index (χ4n) is 3.25. The van der Waals surface area contributed by atoms with Crippen molar-refractivity contribution >= 4 is 31.9 Å². The molecule has 0 radical (unpaired) electrons. The van der Waals surface area contributed by atoms with E-state index in [0.717, 1.165) is 28.6 Å². The highest BCUT2D eigenvalue weighted by atomic mass is 79.9. The number of piperidine rings is 1. The normalized spacial score (nSPS) is 17.9. The van der Waals surface area contributed by atoms with Crippen molar-refractivity contribution in [3.63, 3.8) is 0 Å². The fourth-order valence-corrected chi connectivity index (χ4v) is 5.17. The lowest BCUT2D eigenvalue weighted by atomic mass is 10.0. The molecule has 1 amide bonds. The second-order valence-electron chi connectivity index (χ2n) is 6.65. The van der Waals surface area contributed by atoms with Gasteiger partial charge in [0, 0.05) is 17.6 Å². The summed E-state index contributed by atoms with van der Waals surface area (Å²) >= 11 is 3.31. The number of rotatable bonds is 6. The van der Waals surface area contributed by atoms with E-state index >= 15 is 0 Å². The second kappa shape index (κ2) is 9.07. The van der Waals surface area contributed by atoms with E-state index < -0.39 is 16.1 Å². The van der Waals surface area contributed by atoms with Gasteiger partial charge in [0.1, 0.15) is 11.8 Å². The van der Waals surface area contributed by atoms with E-state index in [2.05, 4.69) is 21.2 Å². The Labute approximate surface area is 174 Å². The third-order valence-corrected chi connectivity index (χ3v) is 7.25. The van der Waals surface area contributed by atoms with E-state index in [1.165, 1.54) is 4.31 Å². The van der Waals surface area contributed by atoms with Crippen molar-refractivity contribution in [2.45, 2.75) is 36.7 Å². The van der Waals surface area contributed by atoms with Crippen LogP contribution in [0.15, 0.2) is 57.9 Å². The topological polar surface area (TPSA) is 75.7 Å². The predicted molar refractivity (Wildman–Crippen MR) is 111 cm³/mol. The molecule has 1 heterocycles. The number of nitrogens with one attached hydrogen (secondary N) is 1. The number of halogens is 1. The van der Waals surface area contributed by atoms with E-state index in [4.69, 9.17) is 4.74 Å². The average molecular weight is 467 g/mol. The Balaban J connectivity index is 1.72. The molecule has 8 heteroatoms. The van der Waals surface area contributed by atoms with E-state index in [1.54, 1.807) is 31.4 Å². The Bertz CT molecular complexity index is 914. The highest BCUT2D eigenvalue weighted by Crippen LogP contribution is 2.26. The van der Waals surface area contributed by atoms with Gasteiger partial charge in [-0.05, 0) is 54.8 Å². The highest BCUT2D eigenvalue weighted by molar-refractivity contribution is 9.10. The molecule has 0 aliphatic carbocycles. The Morgan fingerprint density at radius 1 is 1.14 bits per heavy atom. The lowest BCUT2D eigenvalue weighted by Crippen LogP contribution is -2.51. The van der Waals surface area contributed by atoms with E-state index in [9.17, 15) is 13.2 Å². The first-order valence-corrected chi connectivity index (χ1v) is 11.3. The quantitative estimate of drug-likeness (QED) is 0.708. The monoisotopic (exact) mass is 466 g/mol. The van der Waals surface area contributed by atoms with Crippen LogP contribution in [0.1, 0.15) is 24.8 Å². The SMILES string of the molecule is COc1ccc(CNC(=O)C2CCCCN2S(=O)(=O)c2ccc(Br)cc2)cc1. The maximum absolute atomic E-state index is 13.1. The molecule has 28 heavy (non-hydrogen) atoms. The average Bonchev–Trinajstić information content (AvgIpc) is 2.72. The minimum Gasteiger partial charge on any atom is -0.497 e. The van der Waals surface area contributed by atoms with E-state index in [1.807, 2.05) is 24.3 Å². The minimum absolute atomic E-state index is 0.200. The summed E-state index contributed by atoms with van der Waals surface area (Å²) in [6, 6.07) is 13.2. The Morgan fingerprint density at radius 3 is 2.46 bits per heavy atom. The van der Waals surface area contributed by atoms with Gasteiger partial charge >= 0.3 is 0 Å². The zero-order valence-corrected chi connectivity index (χ0v) is 18.0. The number of hydrogen-bond donors (Lipinski definition) is 1. The molecule has 1 aliphatic rings. The summed E-state index contributed by atoms with van der Waals surface area (Å²) in [5.74, 6) is 0.477. The van der Waals surface area contributed by atoms with Gasteiger partial charge in [-0.15, -0.1) is 0 Å². The van der Waals surface area contributed by atoms with E-state index in [-0.39, 0.29) is 10.8 Å². The van der Waals surface area contributed by atoms with Crippen LogP contribution in [-0.4, -0.2) is 38.3 Å². The summed E-state index contributed by atoms with van der Waals surface area (Å²) < 4.78 is 33.4. The van der Waals surface area contributed by atoms with Crippen LogP contribution < -0.4 is 10.1 Å². The van der Waals surface area contributed by atoms with Gasteiger partial charge in [-0.25, -0.2) is 8.42 Å². The molecule has 2 aromatic carbocycles. The number of carbonyl (C=O) groups is 1.